The van der Waals surface area contributed by atoms with Crippen LogP contribution in [0.15, 0.2) is 0 Å². The molecule has 10 fully saturated rings. The summed E-state index contributed by atoms with van der Waals surface area (Å²) < 4.78 is 0. The van der Waals surface area contributed by atoms with Crippen LogP contribution in [0.25, 0.3) is 0 Å². The van der Waals surface area contributed by atoms with Crippen LogP contribution in [0, 0.1) is 35.5 Å². The first-order chi connectivity index (χ1) is 18.8. The van der Waals surface area contributed by atoms with E-state index in [0.717, 1.165) is 75.5 Å². The molecule has 0 aromatic carbocycles. The van der Waals surface area contributed by atoms with Crippen LogP contribution in [0.1, 0.15) is 135 Å². The SMILES string of the molecule is O=C(NC12CCC(CC1)CC2)C1CC(C(=O)NC23CCC(CC2)CC3)CC(C(=O)NC23CCC(CC2)CC3)C1. The van der Waals surface area contributed by atoms with Gasteiger partial charge in [-0.1, -0.05) is 0 Å². The molecule has 3 amide bonds. The third-order valence-electron chi connectivity index (χ3n) is 13.3. The maximum Gasteiger partial charge on any atom is 0.223 e. The van der Waals surface area contributed by atoms with Crippen molar-refractivity contribution in [3.05, 3.63) is 0 Å². The third kappa shape index (κ3) is 5.16. The van der Waals surface area contributed by atoms with Gasteiger partial charge in [-0.2, -0.15) is 0 Å². The summed E-state index contributed by atoms with van der Waals surface area (Å²) in [5.74, 6) is 2.12. The Balaban J connectivity index is 1.06. The molecule has 6 heteroatoms. The molecule has 0 saturated heterocycles. The minimum Gasteiger partial charge on any atom is -0.350 e. The number of rotatable bonds is 6. The van der Waals surface area contributed by atoms with Crippen LogP contribution >= 0.6 is 0 Å². The molecule has 216 valence electrons. The Morgan fingerprint density at radius 1 is 0.385 bits per heavy atom. The summed E-state index contributed by atoms with van der Waals surface area (Å²) in [5, 5.41) is 10.6. The zero-order valence-electron chi connectivity index (χ0n) is 24.0. The molecule has 10 aliphatic carbocycles. The molecule has 10 aliphatic rings. The zero-order valence-corrected chi connectivity index (χ0v) is 24.0. The first kappa shape index (κ1) is 26.3. The van der Waals surface area contributed by atoms with E-state index in [-0.39, 0.29) is 52.1 Å². The maximum atomic E-state index is 13.8. The smallest absolute Gasteiger partial charge is 0.223 e. The van der Waals surface area contributed by atoms with Crippen molar-refractivity contribution in [3.8, 4) is 0 Å². The lowest BCUT2D eigenvalue weighted by Crippen LogP contribution is -2.59. The second-order valence-corrected chi connectivity index (χ2v) is 15.6. The van der Waals surface area contributed by atoms with Gasteiger partial charge in [0.1, 0.15) is 0 Å². The highest BCUT2D eigenvalue weighted by Crippen LogP contribution is 2.47. The lowest BCUT2D eigenvalue weighted by atomic mass is 9.64. The van der Waals surface area contributed by atoms with Gasteiger partial charge in [0.15, 0.2) is 0 Å². The molecule has 0 aliphatic heterocycles. The van der Waals surface area contributed by atoms with Gasteiger partial charge in [-0.25, -0.2) is 0 Å². The van der Waals surface area contributed by atoms with Gasteiger partial charge < -0.3 is 16.0 Å². The van der Waals surface area contributed by atoms with Crippen LogP contribution < -0.4 is 16.0 Å². The average molecular weight is 538 g/mol. The molecule has 3 N–H and O–H groups in total. The molecule has 6 bridgehead atoms. The van der Waals surface area contributed by atoms with E-state index in [1.54, 1.807) is 0 Å². The highest BCUT2D eigenvalue weighted by atomic mass is 16.2. The molecule has 0 spiro atoms. The van der Waals surface area contributed by atoms with Crippen molar-refractivity contribution in [1.29, 1.82) is 0 Å². The van der Waals surface area contributed by atoms with Gasteiger partial charge in [0.05, 0.1) is 0 Å². The van der Waals surface area contributed by atoms with E-state index in [1.165, 1.54) is 57.8 Å². The Kier molecular flexibility index (Phi) is 6.78. The summed E-state index contributed by atoms with van der Waals surface area (Å²) in [4.78, 5) is 41.5. The van der Waals surface area contributed by atoms with Crippen molar-refractivity contribution in [3.63, 3.8) is 0 Å². The van der Waals surface area contributed by atoms with Crippen molar-refractivity contribution < 1.29 is 14.4 Å². The van der Waals surface area contributed by atoms with Crippen LogP contribution in [-0.4, -0.2) is 34.3 Å². The standard InChI is InChI=1S/C33H51N3O3/c37-28(34-31-10-1-22(2-11-31)3-12-31)25-19-26(29(38)35-32-13-4-23(5-14-32)6-15-32)21-27(20-25)30(39)36-33-16-7-24(8-17-33)9-18-33/h22-27H,1-21H2,(H,34,37)(H,35,38)(H,36,39). The highest BCUT2D eigenvalue weighted by molar-refractivity contribution is 5.86. The van der Waals surface area contributed by atoms with Gasteiger partial charge in [-0.05, 0) is 153 Å². The topological polar surface area (TPSA) is 87.3 Å². The van der Waals surface area contributed by atoms with Gasteiger partial charge in [-0.3, -0.25) is 14.4 Å². The molecule has 39 heavy (non-hydrogen) atoms. The number of hydrogen-bond donors (Lipinski definition) is 3. The largest absolute Gasteiger partial charge is 0.350 e. The Hall–Kier alpha value is -1.59. The summed E-state index contributed by atoms with van der Waals surface area (Å²) in [7, 11) is 0. The first-order valence-electron chi connectivity index (χ1n) is 16.8. The minimum absolute atomic E-state index is 0.0435. The molecule has 10 rings (SSSR count). The van der Waals surface area contributed by atoms with E-state index in [4.69, 9.17) is 0 Å². The molecule has 10 saturated carbocycles. The van der Waals surface area contributed by atoms with E-state index in [9.17, 15) is 14.4 Å². The van der Waals surface area contributed by atoms with Crippen molar-refractivity contribution in [2.45, 2.75) is 151 Å². The van der Waals surface area contributed by atoms with Gasteiger partial charge in [0.25, 0.3) is 0 Å². The summed E-state index contributed by atoms with van der Waals surface area (Å²) >= 11 is 0. The molecule has 0 aromatic heterocycles. The summed E-state index contributed by atoms with van der Waals surface area (Å²) in [6.45, 7) is 0. The monoisotopic (exact) mass is 537 g/mol. The average Bonchev–Trinajstić information content (AvgIpc) is 2.99. The highest BCUT2D eigenvalue weighted by Gasteiger charge is 2.48. The predicted molar refractivity (Wildman–Crippen MR) is 151 cm³/mol. The molecule has 0 atom stereocenters. The van der Waals surface area contributed by atoms with E-state index in [1.807, 2.05) is 0 Å². The Morgan fingerprint density at radius 3 is 0.795 bits per heavy atom. The van der Waals surface area contributed by atoms with Crippen LogP contribution in [0.5, 0.6) is 0 Å². The molecular weight excluding hydrogens is 486 g/mol. The van der Waals surface area contributed by atoms with Crippen LogP contribution in [-0.2, 0) is 14.4 Å². The number of nitrogens with one attached hydrogen (secondary N) is 3. The van der Waals surface area contributed by atoms with Crippen LogP contribution in [0.2, 0.25) is 0 Å². The fourth-order valence-electron chi connectivity index (χ4n) is 10.4. The lowest BCUT2D eigenvalue weighted by Gasteiger charge is -2.49. The summed E-state index contributed by atoms with van der Waals surface area (Å²) in [6, 6.07) is 0. The van der Waals surface area contributed by atoms with Crippen LogP contribution in [0.4, 0.5) is 0 Å². The second-order valence-electron chi connectivity index (χ2n) is 15.6. The number of hydrogen-bond acceptors (Lipinski definition) is 3. The molecule has 0 unspecified atom stereocenters. The fourth-order valence-corrected chi connectivity index (χ4v) is 10.4. The number of amides is 3. The molecule has 6 nitrogen and oxygen atoms in total. The Morgan fingerprint density at radius 2 is 0.590 bits per heavy atom. The fraction of sp³-hybridized carbons (Fsp3) is 0.909. The number of carbonyl (C=O) groups excluding carboxylic acids is 3. The molecule has 0 radical (unpaired) electrons. The van der Waals surface area contributed by atoms with Crippen molar-refractivity contribution in [2.24, 2.45) is 35.5 Å². The van der Waals surface area contributed by atoms with Crippen molar-refractivity contribution in [1.82, 2.24) is 16.0 Å². The Labute approximate surface area is 235 Å². The number of carbonyl (C=O) groups is 3. The summed E-state index contributed by atoms with van der Waals surface area (Å²) in [6.07, 6.45) is 22.7. The third-order valence-corrected chi connectivity index (χ3v) is 13.3. The van der Waals surface area contributed by atoms with Gasteiger partial charge in [0, 0.05) is 34.4 Å². The summed E-state index contributed by atoms with van der Waals surface area (Å²) in [5.41, 5.74) is -0.130. The van der Waals surface area contributed by atoms with E-state index >= 15 is 0 Å². The minimum atomic E-state index is -0.251. The molecular formula is C33H51N3O3. The molecule has 0 aromatic rings. The maximum absolute atomic E-state index is 13.8. The van der Waals surface area contributed by atoms with E-state index in [0.29, 0.717) is 19.3 Å². The molecule has 0 heterocycles. The zero-order chi connectivity index (χ0) is 26.7. The van der Waals surface area contributed by atoms with Crippen LogP contribution in [0.3, 0.4) is 0 Å². The quantitative estimate of drug-likeness (QED) is 0.416. The predicted octanol–water partition coefficient (Wildman–Crippen LogP) is 5.54. The van der Waals surface area contributed by atoms with Crippen molar-refractivity contribution in [2.75, 3.05) is 0 Å². The van der Waals surface area contributed by atoms with E-state index < -0.39 is 0 Å². The van der Waals surface area contributed by atoms with E-state index in [2.05, 4.69) is 16.0 Å². The van der Waals surface area contributed by atoms with Gasteiger partial charge in [-0.15, -0.1) is 0 Å². The number of fused-ring (bicyclic) bond motifs is 9. The van der Waals surface area contributed by atoms with Crippen molar-refractivity contribution >= 4 is 17.7 Å². The second kappa shape index (κ2) is 10.0. The van der Waals surface area contributed by atoms with Gasteiger partial charge >= 0.3 is 0 Å². The van der Waals surface area contributed by atoms with Gasteiger partial charge in [0.2, 0.25) is 17.7 Å². The lowest BCUT2D eigenvalue weighted by molar-refractivity contribution is -0.138. The normalized spacial score (nSPS) is 46.5. The Bertz CT molecular complexity index is 798. The first-order valence-corrected chi connectivity index (χ1v) is 16.8.